The van der Waals surface area contributed by atoms with Crippen molar-refractivity contribution >= 4 is 17.2 Å². The molecule has 2 aromatic rings. The van der Waals surface area contributed by atoms with Crippen LogP contribution in [0.3, 0.4) is 0 Å². The van der Waals surface area contributed by atoms with Gasteiger partial charge in [-0.3, -0.25) is 4.40 Å². The second-order valence-corrected chi connectivity index (χ2v) is 5.42. The molecule has 0 atom stereocenters. The Bertz CT molecular complexity index is 572. The van der Waals surface area contributed by atoms with E-state index in [1.807, 2.05) is 20.8 Å². The highest BCUT2D eigenvalue weighted by Crippen LogP contribution is 2.29. The molecular formula is C12H14ClFN2O. The number of rotatable bonds is 1. The fraction of sp³-hybridized carbons (Fsp3) is 0.417. The van der Waals surface area contributed by atoms with Crippen molar-refractivity contribution in [2.75, 3.05) is 0 Å². The molecule has 3 nitrogen and oxygen atoms in total. The van der Waals surface area contributed by atoms with Gasteiger partial charge in [0.1, 0.15) is 5.82 Å². The van der Waals surface area contributed by atoms with Gasteiger partial charge in [-0.2, -0.15) is 0 Å². The van der Waals surface area contributed by atoms with Gasteiger partial charge >= 0.3 is 0 Å². The molecule has 17 heavy (non-hydrogen) atoms. The Hall–Kier alpha value is -1.13. The van der Waals surface area contributed by atoms with E-state index in [0.29, 0.717) is 11.3 Å². The molecule has 2 aromatic heterocycles. The van der Waals surface area contributed by atoms with Gasteiger partial charge in [-0.25, -0.2) is 9.37 Å². The van der Waals surface area contributed by atoms with Crippen LogP contribution in [0.15, 0.2) is 12.3 Å². The lowest BCUT2D eigenvalue weighted by Crippen LogP contribution is -2.14. The van der Waals surface area contributed by atoms with Crippen molar-refractivity contribution in [3.63, 3.8) is 0 Å². The van der Waals surface area contributed by atoms with E-state index in [0.717, 1.165) is 5.69 Å². The highest BCUT2D eigenvalue weighted by atomic mass is 35.5. The van der Waals surface area contributed by atoms with Gasteiger partial charge in [-0.15, -0.1) is 0 Å². The molecule has 0 unspecified atom stereocenters. The van der Waals surface area contributed by atoms with Crippen LogP contribution in [0, 0.1) is 5.82 Å². The third kappa shape index (κ3) is 2.03. The Balaban J connectivity index is 2.85. The third-order valence-electron chi connectivity index (χ3n) is 2.60. The van der Waals surface area contributed by atoms with Crippen LogP contribution in [0.4, 0.5) is 4.39 Å². The molecule has 1 N–H and O–H groups in total. The third-order valence-corrected chi connectivity index (χ3v) is 2.88. The Morgan fingerprint density at radius 1 is 1.47 bits per heavy atom. The van der Waals surface area contributed by atoms with E-state index in [2.05, 4.69) is 4.98 Å². The SMILES string of the molecule is CC(C)(C)c1nc2c(Cl)cc(F)cn2c1CO. The summed E-state index contributed by atoms with van der Waals surface area (Å²) in [4.78, 5) is 4.40. The Kier molecular flexibility index (Phi) is 2.87. The molecule has 0 aliphatic rings. The van der Waals surface area contributed by atoms with Gasteiger partial charge < -0.3 is 5.11 Å². The second-order valence-electron chi connectivity index (χ2n) is 5.02. The summed E-state index contributed by atoms with van der Waals surface area (Å²) < 4.78 is 14.8. The summed E-state index contributed by atoms with van der Waals surface area (Å²) >= 11 is 5.95. The lowest BCUT2D eigenvalue weighted by atomic mass is 9.91. The summed E-state index contributed by atoms with van der Waals surface area (Å²) in [5.41, 5.74) is 1.55. The molecule has 0 aliphatic heterocycles. The molecule has 2 heterocycles. The number of nitrogens with zero attached hydrogens (tertiary/aromatic N) is 2. The first-order valence-corrected chi connectivity index (χ1v) is 5.69. The van der Waals surface area contributed by atoms with Gasteiger partial charge in [0.05, 0.1) is 23.0 Å². The molecule has 0 bridgehead atoms. The maximum Gasteiger partial charge on any atom is 0.156 e. The van der Waals surface area contributed by atoms with E-state index in [-0.39, 0.29) is 17.0 Å². The summed E-state index contributed by atoms with van der Waals surface area (Å²) in [5, 5.41) is 9.67. The summed E-state index contributed by atoms with van der Waals surface area (Å²) in [6.07, 6.45) is 1.29. The van der Waals surface area contributed by atoms with Gasteiger partial charge in [0, 0.05) is 11.6 Å². The fourth-order valence-electron chi connectivity index (χ4n) is 1.87. The van der Waals surface area contributed by atoms with Gasteiger partial charge in [0.25, 0.3) is 0 Å². The van der Waals surface area contributed by atoms with Crippen molar-refractivity contribution in [1.29, 1.82) is 0 Å². The maximum absolute atomic E-state index is 13.3. The molecule has 0 aliphatic carbocycles. The molecule has 5 heteroatoms. The lowest BCUT2D eigenvalue weighted by molar-refractivity contribution is 0.272. The van der Waals surface area contributed by atoms with Gasteiger partial charge in [-0.05, 0) is 6.07 Å². The number of fused-ring (bicyclic) bond motifs is 1. The number of aliphatic hydroxyl groups is 1. The summed E-state index contributed by atoms with van der Waals surface area (Å²) in [6, 6.07) is 1.22. The van der Waals surface area contributed by atoms with Crippen LogP contribution in [0.5, 0.6) is 0 Å². The highest BCUT2D eigenvalue weighted by molar-refractivity contribution is 6.33. The molecule has 92 valence electrons. The van der Waals surface area contributed by atoms with E-state index in [1.54, 1.807) is 0 Å². The van der Waals surface area contributed by atoms with Crippen LogP contribution in [0.2, 0.25) is 5.02 Å². The summed E-state index contributed by atoms with van der Waals surface area (Å²) in [5.74, 6) is -0.449. The number of hydrogen-bond acceptors (Lipinski definition) is 2. The Morgan fingerprint density at radius 3 is 2.65 bits per heavy atom. The molecule has 0 fully saturated rings. The van der Waals surface area contributed by atoms with Gasteiger partial charge in [0.15, 0.2) is 5.65 Å². The number of pyridine rings is 1. The van der Waals surface area contributed by atoms with Crippen molar-refractivity contribution in [2.45, 2.75) is 32.8 Å². The average Bonchev–Trinajstić information content (AvgIpc) is 2.55. The summed E-state index contributed by atoms with van der Waals surface area (Å²) in [7, 11) is 0. The number of hydrogen-bond donors (Lipinski definition) is 1. The molecule has 0 amide bonds. The van der Waals surface area contributed by atoms with E-state index < -0.39 is 5.82 Å². The van der Waals surface area contributed by atoms with Crippen molar-refractivity contribution in [1.82, 2.24) is 9.38 Å². The molecule has 0 radical (unpaired) electrons. The van der Waals surface area contributed by atoms with Crippen LogP contribution in [0.25, 0.3) is 5.65 Å². The summed E-state index contributed by atoms with van der Waals surface area (Å²) in [6.45, 7) is 5.75. The van der Waals surface area contributed by atoms with Crippen molar-refractivity contribution in [3.8, 4) is 0 Å². The number of aliphatic hydroxyl groups excluding tert-OH is 1. The topological polar surface area (TPSA) is 37.5 Å². The predicted octanol–water partition coefficient (Wildman–Crippen LogP) is 2.92. The standard InChI is InChI=1S/C12H14ClFN2O/c1-12(2,3)10-9(6-17)16-5-7(14)4-8(13)11(16)15-10/h4-5,17H,6H2,1-3H3. The largest absolute Gasteiger partial charge is 0.390 e. The highest BCUT2D eigenvalue weighted by Gasteiger charge is 2.24. The normalized spacial score (nSPS) is 12.4. The zero-order valence-electron chi connectivity index (χ0n) is 9.96. The molecule has 0 saturated carbocycles. The van der Waals surface area contributed by atoms with Crippen molar-refractivity contribution < 1.29 is 9.50 Å². The Labute approximate surface area is 104 Å². The van der Waals surface area contributed by atoms with E-state index in [4.69, 9.17) is 11.6 Å². The first-order chi connectivity index (χ1) is 7.84. The van der Waals surface area contributed by atoms with Crippen LogP contribution < -0.4 is 0 Å². The van der Waals surface area contributed by atoms with Gasteiger partial charge in [-0.1, -0.05) is 32.4 Å². The minimum absolute atomic E-state index is 0.201. The zero-order valence-corrected chi connectivity index (χ0v) is 10.7. The van der Waals surface area contributed by atoms with E-state index in [1.165, 1.54) is 16.7 Å². The minimum atomic E-state index is -0.449. The van der Waals surface area contributed by atoms with Crippen LogP contribution in [-0.4, -0.2) is 14.5 Å². The van der Waals surface area contributed by atoms with Crippen LogP contribution in [-0.2, 0) is 12.0 Å². The molecule has 0 aromatic carbocycles. The molecule has 2 rings (SSSR count). The first kappa shape index (κ1) is 12.3. The van der Waals surface area contributed by atoms with E-state index >= 15 is 0 Å². The average molecular weight is 257 g/mol. The van der Waals surface area contributed by atoms with Crippen LogP contribution >= 0.6 is 11.6 Å². The van der Waals surface area contributed by atoms with Crippen molar-refractivity contribution in [3.05, 3.63) is 34.5 Å². The smallest absolute Gasteiger partial charge is 0.156 e. The fourth-order valence-corrected chi connectivity index (χ4v) is 2.11. The number of aromatic nitrogens is 2. The van der Waals surface area contributed by atoms with Gasteiger partial charge in [0.2, 0.25) is 0 Å². The van der Waals surface area contributed by atoms with Crippen LogP contribution in [0.1, 0.15) is 32.2 Å². The zero-order chi connectivity index (χ0) is 12.8. The quantitative estimate of drug-likeness (QED) is 0.852. The molecular weight excluding hydrogens is 243 g/mol. The maximum atomic E-state index is 13.3. The molecule has 0 spiro atoms. The molecule has 0 saturated heterocycles. The van der Waals surface area contributed by atoms with Crippen molar-refractivity contribution in [2.24, 2.45) is 0 Å². The Morgan fingerprint density at radius 2 is 2.12 bits per heavy atom. The predicted molar refractivity (Wildman–Crippen MR) is 64.8 cm³/mol. The monoisotopic (exact) mass is 256 g/mol. The van der Waals surface area contributed by atoms with E-state index in [9.17, 15) is 9.50 Å². The first-order valence-electron chi connectivity index (χ1n) is 5.32. The minimum Gasteiger partial charge on any atom is -0.390 e. The lowest BCUT2D eigenvalue weighted by Gasteiger charge is -2.16. The second kappa shape index (κ2) is 3.96. The number of imidazole rings is 1. The number of halogens is 2.